The highest BCUT2D eigenvalue weighted by Crippen LogP contribution is 2.20. The van der Waals surface area contributed by atoms with Gasteiger partial charge in [-0.2, -0.15) is 0 Å². The molecule has 2 N–H and O–H groups in total. The molecular weight excluding hydrogens is 391 g/mol. The van der Waals surface area contributed by atoms with Crippen molar-refractivity contribution in [2.45, 2.75) is 24.7 Å². The van der Waals surface area contributed by atoms with Gasteiger partial charge in [0.2, 0.25) is 0 Å². The van der Waals surface area contributed by atoms with Gasteiger partial charge in [-0.05, 0) is 66.1 Å². The van der Waals surface area contributed by atoms with E-state index in [0.717, 1.165) is 17.7 Å². The Morgan fingerprint density at radius 1 is 0.897 bits per heavy atom. The van der Waals surface area contributed by atoms with Crippen LogP contribution in [0.1, 0.15) is 35.7 Å². The molecule has 0 saturated heterocycles. The van der Waals surface area contributed by atoms with E-state index in [9.17, 15) is 17.6 Å². The fraction of sp³-hybridized carbons (Fsp3) is 0.136. The van der Waals surface area contributed by atoms with Crippen LogP contribution >= 0.6 is 0 Å². The molecule has 0 aliphatic carbocycles. The number of halogens is 1. The lowest BCUT2D eigenvalue weighted by Gasteiger charge is -2.11. The van der Waals surface area contributed by atoms with Crippen LogP contribution in [0, 0.1) is 5.82 Å². The van der Waals surface area contributed by atoms with Crippen molar-refractivity contribution in [3.8, 4) is 0 Å². The molecule has 0 radical (unpaired) electrons. The normalized spacial score (nSPS) is 11.3. The first kappa shape index (κ1) is 20.5. The van der Waals surface area contributed by atoms with Gasteiger partial charge in [-0.25, -0.2) is 12.8 Å². The molecule has 0 aromatic heterocycles. The lowest BCUT2D eigenvalue weighted by Crippen LogP contribution is -2.16. The van der Waals surface area contributed by atoms with E-state index in [0.29, 0.717) is 11.6 Å². The topological polar surface area (TPSA) is 75.3 Å². The van der Waals surface area contributed by atoms with Crippen molar-refractivity contribution in [3.05, 3.63) is 89.7 Å². The first-order chi connectivity index (χ1) is 13.7. The van der Waals surface area contributed by atoms with Crippen LogP contribution in [0.4, 0.5) is 15.8 Å². The summed E-state index contributed by atoms with van der Waals surface area (Å²) in [5, 5.41) is 2.76. The second-order valence-corrected chi connectivity index (χ2v) is 8.55. The van der Waals surface area contributed by atoms with Gasteiger partial charge in [0.1, 0.15) is 5.82 Å². The first-order valence-electron chi connectivity index (χ1n) is 9.04. The summed E-state index contributed by atoms with van der Waals surface area (Å²) >= 11 is 0. The number of carbonyl (C=O) groups excluding carboxylic acids is 1. The van der Waals surface area contributed by atoms with Gasteiger partial charge in [0.15, 0.2) is 0 Å². The largest absolute Gasteiger partial charge is 0.322 e. The summed E-state index contributed by atoms with van der Waals surface area (Å²) in [6, 6.07) is 18.2. The Hall–Kier alpha value is -3.19. The van der Waals surface area contributed by atoms with Crippen molar-refractivity contribution >= 4 is 27.3 Å². The molecule has 3 aromatic carbocycles. The molecular formula is C22H21FN2O3S. The highest BCUT2D eigenvalue weighted by molar-refractivity contribution is 7.92. The van der Waals surface area contributed by atoms with Gasteiger partial charge in [0.05, 0.1) is 4.90 Å². The third-order valence-electron chi connectivity index (χ3n) is 4.34. The number of benzene rings is 3. The highest BCUT2D eigenvalue weighted by atomic mass is 32.2. The SMILES string of the molecule is CC(C)c1ccc(NC(=O)c2cccc(S(=O)(=O)Nc3ccc(F)cc3)c2)cc1. The van der Waals surface area contributed by atoms with Crippen molar-refractivity contribution in [3.63, 3.8) is 0 Å². The predicted octanol–water partition coefficient (Wildman–Crippen LogP) is 5.00. The average Bonchev–Trinajstić information content (AvgIpc) is 2.70. The van der Waals surface area contributed by atoms with Crippen molar-refractivity contribution in [1.29, 1.82) is 0 Å². The molecule has 0 spiro atoms. The number of amides is 1. The highest BCUT2D eigenvalue weighted by Gasteiger charge is 2.17. The van der Waals surface area contributed by atoms with Gasteiger partial charge in [0.25, 0.3) is 15.9 Å². The number of sulfonamides is 1. The maximum Gasteiger partial charge on any atom is 0.261 e. The number of hydrogen-bond donors (Lipinski definition) is 2. The molecule has 1 amide bonds. The van der Waals surface area contributed by atoms with Crippen LogP contribution in [0.25, 0.3) is 0 Å². The lowest BCUT2D eigenvalue weighted by atomic mass is 10.0. The predicted molar refractivity (Wildman–Crippen MR) is 112 cm³/mol. The Balaban J connectivity index is 1.77. The van der Waals surface area contributed by atoms with Crippen molar-refractivity contribution in [2.24, 2.45) is 0 Å². The van der Waals surface area contributed by atoms with E-state index < -0.39 is 21.7 Å². The second kappa shape index (κ2) is 8.45. The molecule has 0 heterocycles. The molecule has 0 unspecified atom stereocenters. The molecule has 150 valence electrons. The molecule has 0 atom stereocenters. The first-order valence-corrected chi connectivity index (χ1v) is 10.5. The number of nitrogens with one attached hydrogen (secondary N) is 2. The van der Waals surface area contributed by atoms with Gasteiger partial charge >= 0.3 is 0 Å². The van der Waals surface area contributed by atoms with E-state index in [-0.39, 0.29) is 16.1 Å². The van der Waals surface area contributed by atoms with Gasteiger partial charge in [-0.1, -0.05) is 32.0 Å². The molecule has 0 aliphatic rings. The lowest BCUT2D eigenvalue weighted by molar-refractivity contribution is 0.102. The summed E-state index contributed by atoms with van der Waals surface area (Å²) in [6.45, 7) is 4.17. The number of carbonyl (C=O) groups is 1. The summed E-state index contributed by atoms with van der Waals surface area (Å²) in [5.74, 6) is -0.496. The maximum atomic E-state index is 13.0. The Morgan fingerprint density at radius 3 is 2.14 bits per heavy atom. The molecule has 0 aliphatic heterocycles. The van der Waals surface area contributed by atoms with Crippen molar-refractivity contribution in [2.75, 3.05) is 10.0 Å². The Kier molecular flexibility index (Phi) is 5.98. The van der Waals surface area contributed by atoms with E-state index in [1.165, 1.54) is 36.4 Å². The molecule has 5 nitrogen and oxygen atoms in total. The van der Waals surface area contributed by atoms with Crippen molar-refractivity contribution in [1.82, 2.24) is 0 Å². The number of hydrogen-bond acceptors (Lipinski definition) is 3. The van der Waals surface area contributed by atoms with E-state index in [1.807, 2.05) is 24.3 Å². The molecule has 7 heteroatoms. The summed E-state index contributed by atoms with van der Waals surface area (Å²) < 4.78 is 40.5. The van der Waals surface area contributed by atoms with Gasteiger partial charge in [-0.3, -0.25) is 9.52 Å². The molecule has 3 rings (SSSR count). The number of rotatable bonds is 6. The maximum absolute atomic E-state index is 13.0. The molecule has 0 fully saturated rings. The zero-order valence-corrected chi connectivity index (χ0v) is 16.8. The second-order valence-electron chi connectivity index (χ2n) is 6.87. The number of anilines is 2. The summed E-state index contributed by atoms with van der Waals surface area (Å²) in [5.41, 5.74) is 2.21. The van der Waals surface area contributed by atoms with E-state index >= 15 is 0 Å². The third-order valence-corrected chi connectivity index (χ3v) is 5.72. The Bertz CT molecular complexity index is 1110. The van der Waals surface area contributed by atoms with Gasteiger partial charge < -0.3 is 5.32 Å². The smallest absolute Gasteiger partial charge is 0.261 e. The minimum Gasteiger partial charge on any atom is -0.322 e. The van der Waals surface area contributed by atoms with E-state index in [2.05, 4.69) is 23.9 Å². The molecule has 0 bridgehead atoms. The van der Waals surface area contributed by atoms with Gasteiger partial charge in [-0.15, -0.1) is 0 Å². The quantitative estimate of drug-likeness (QED) is 0.598. The van der Waals surface area contributed by atoms with E-state index in [1.54, 1.807) is 0 Å². The minimum absolute atomic E-state index is 0.0652. The zero-order chi connectivity index (χ0) is 21.0. The van der Waals surface area contributed by atoms with Crippen LogP contribution in [-0.4, -0.2) is 14.3 Å². The van der Waals surface area contributed by atoms with Crippen LogP contribution < -0.4 is 10.0 Å². The van der Waals surface area contributed by atoms with Crippen LogP contribution in [0.2, 0.25) is 0 Å². The summed E-state index contributed by atoms with van der Waals surface area (Å²) in [7, 11) is -3.92. The van der Waals surface area contributed by atoms with Crippen LogP contribution in [0.15, 0.2) is 77.7 Å². The minimum atomic E-state index is -3.92. The monoisotopic (exact) mass is 412 g/mol. The van der Waals surface area contributed by atoms with Crippen LogP contribution in [0.3, 0.4) is 0 Å². The standard InChI is InChI=1S/C22H21FN2O3S/c1-15(2)16-6-10-19(11-7-16)24-22(26)17-4-3-5-21(14-17)29(27,28)25-20-12-8-18(23)9-13-20/h3-15,25H,1-2H3,(H,24,26). The molecule has 0 saturated carbocycles. The summed E-state index contributed by atoms with van der Waals surface area (Å²) in [6.07, 6.45) is 0. The zero-order valence-electron chi connectivity index (χ0n) is 16.0. The fourth-order valence-electron chi connectivity index (χ4n) is 2.69. The van der Waals surface area contributed by atoms with Gasteiger partial charge in [0, 0.05) is 16.9 Å². The Morgan fingerprint density at radius 2 is 1.52 bits per heavy atom. The van der Waals surface area contributed by atoms with Crippen LogP contribution in [-0.2, 0) is 10.0 Å². The third kappa shape index (κ3) is 5.20. The van der Waals surface area contributed by atoms with E-state index in [4.69, 9.17) is 0 Å². The fourth-order valence-corrected chi connectivity index (χ4v) is 3.80. The van der Waals surface area contributed by atoms with Crippen LogP contribution in [0.5, 0.6) is 0 Å². The van der Waals surface area contributed by atoms with Crippen molar-refractivity contribution < 1.29 is 17.6 Å². The average molecular weight is 412 g/mol. The Labute approximate surface area is 169 Å². The molecule has 3 aromatic rings. The molecule has 29 heavy (non-hydrogen) atoms. The summed E-state index contributed by atoms with van der Waals surface area (Å²) in [4.78, 5) is 12.5.